The number of benzene rings is 1. The molecule has 0 aliphatic carbocycles. The van der Waals surface area contributed by atoms with Gasteiger partial charge in [0, 0.05) is 56.1 Å². The first-order valence-corrected chi connectivity index (χ1v) is 12.8. The summed E-state index contributed by atoms with van der Waals surface area (Å²) in [6, 6.07) is 7.82. The number of nitrogens with one attached hydrogen (secondary N) is 2. The van der Waals surface area contributed by atoms with E-state index in [0.717, 1.165) is 80.8 Å². The zero-order valence-electron chi connectivity index (χ0n) is 20.8. The zero-order valence-corrected chi connectivity index (χ0v) is 20.8. The number of fused-ring (bicyclic) bond motifs is 1. The average molecular weight is 481 g/mol. The molecule has 0 saturated carbocycles. The first-order valence-electron chi connectivity index (χ1n) is 12.8. The topological polar surface area (TPSA) is 91.9 Å². The Labute approximate surface area is 207 Å². The van der Waals surface area contributed by atoms with Gasteiger partial charge in [0.15, 0.2) is 5.82 Å². The molecule has 4 heterocycles. The van der Waals surface area contributed by atoms with Gasteiger partial charge in [-0.15, -0.1) is 0 Å². The number of anilines is 2. The van der Waals surface area contributed by atoms with Crippen molar-refractivity contribution in [1.82, 2.24) is 20.2 Å². The summed E-state index contributed by atoms with van der Waals surface area (Å²) in [7, 11) is 0. The van der Waals surface area contributed by atoms with E-state index in [1.54, 1.807) is 0 Å². The van der Waals surface area contributed by atoms with Crippen molar-refractivity contribution >= 4 is 17.5 Å². The number of ether oxygens (including phenoxy) is 2. The van der Waals surface area contributed by atoms with Gasteiger partial charge >= 0.3 is 6.03 Å². The molecule has 2 saturated heterocycles. The lowest BCUT2D eigenvalue weighted by molar-refractivity contribution is 0.0983. The highest BCUT2D eigenvalue weighted by molar-refractivity contribution is 5.89. The quantitative estimate of drug-likeness (QED) is 0.657. The van der Waals surface area contributed by atoms with E-state index < -0.39 is 0 Å². The van der Waals surface area contributed by atoms with E-state index in [1.807, 2.05) is 31.2 Å². The Morgan fingerprint density at radius 1 is 1.11 bits per heavy atom. The van der Waals surface area contributed by atoms with E-state index in [-0.39, 0.29) is 12.1 Å². The number of hydrogen-bond donors (Lipinski definition) is 2. The highest BCUT2D eigenvalue weighted by atomic mass is 16.5. The van der Waals surface area contributed by atoms with Gasteiger partial charge in [-0.1, -0.05) is 0 Å². The van der Waals surface area contributed by atoms with Gasteiger partial charge < -0.3 is 25.0 Å². The number of urea groups is 1. The highest BCUT2D eigenvalue weighted by Gasteiger charge is 2.30. The van der Waals surface area contributed by atoms with Crippen molar-refractivity contribution in [1.29, 1.82) is 0 Å². The predicted octanol–water partition coefficient (Wildman–Crippen LogP) is 2.90. The molecule has 2 amide bonds. The summed E-state index contributed by atoms with van der Waals surface area (Å²) in [6.45, 7) is 11.6. The molecule has 3 aliphatic heterocycles. The summed E-state index contributed by atoms with van der Waals surface area (Å²) in [6.07, 6.45) is 2.10. The Kier molecular flexibility index (Phi) is 7.46. The maximum Gasteiger partial charge on any atom is 0.319 e. The molecule has 1 aromatic carbocycles. The summed E-state index contributed by atoms with van der Waals surface area (Å²) in [5.74, 6) is 2.39. The van der Waals surface area contributed by atoms with Crippen molar-refractivity contribution in [2.24, 2.45) is 5.92 Å². The molecule has 0 radical (unpaired) electrons. The van der Waals surface area contributed by atoms with Crippen molar-refractivity contribution in [2.75, 3.05) is 62.8 Å². The van der Waals surface area contributed by atoms with E-state index in [2.05, 4.69) is 27.4 Å². The van der Waals surface area contributed by atoms with Gasteiger partial charge in [-0.05, 0) is 56.9 Å². The fourth-order valence-corrected chi connectivity index (χ4v) is 5.16. The lowest BCUT2D eigenvalue weighted by Gasteiger charge is -2.38. The van der Waals surface area contributed by atoms with Crippen molar-refractivity contribution < 1.29 is 14.3 Å². The van der Waals surface area contributed by atoms with Crippen LogP contribution in [0.25, 0.3) is 11.4 Å². The molecule has 1 unspecified atom stereocenters. The monoisotopic (exact) mass is 480 g/mol. The molecular formula is C26H36N6O3. The Bertz CT molecular complexity index is 1020. The predicted molar refractivity (Wildman–Crippen MR) is 136 cm³/mol. The maximum absolute atomic E-state index is 11.9. The third-order valence-corrected chi connectivity index (χ3v) is 7.04. The molecule has 2 aromatic rings. The largest absolute Gasteiger partial charge is 0.381 e. The molecule has 2 N–H and O–H groups in total. The second-order valence-corrected chi connectivity index (χ2v) is 9.69. The number of amides is 2. The fraction of sp³-hybridized carbons (Fsp3) is 0.577. The Morgan fingerprint density at radius 3 is 2.69 bits per heavy atom. The first kappa shape index (κ1) is 24.0. The second-order valence-electron chi connectivity index (χ2n) is 9.69. The standard InChI is InChI=1S/C26H36N6O3/c1-3-27-26(33)28-21-6-4-20(5-7-21)24-29-23-15-31(14-19-9-12-34-17-19)10-8-22(23)25(30-24)32-11-13-35-16-18(32)2/h4-7,18-19H,3,8-17H2,1-2H3,(H2,27,28,33)/t18-,19?/m0/s1. The van der Waals surface area contributed by atoms with E-state index in [4.69, 9.17) is 19.4 Å². The number of nitrogens with zero attached hydrogens (tertiary/aromatic N) is 4. The third kappa shape index (κ3) is 5.58. The van der Waals surface area contributed by atoms with Gasteiger partial charge in [0.2, 0.25) is 0 Å². The molecule has 5 rings (SSSR count). The van der Waals surface area contributed by atoms with Crippen LogP contribution < -0.4 is 15.5 Å². The number of morpholine rings is 1. The lowest BCUT2D eigenvalue weighted by Crippen LogP contribution is -2.45. The summed E-state index contributed by atoms with van der Waals surface area (Å²) in [5, 5.41) is 5.60. The van der Waals surface area contributed by atoms with Crippen LogP contribution in [-0.2, 0) is 22.4 Å². The molecule has 9 heteroatoms. The minimum Gasteiger partial charge on any atom is -0.381 e. The minimum atomic E-state index is -0.207. The SMILES string of the molecule is CCNC(=O)Nc1ccc(-c2nc3c(c(N4CCOC[C@@H]4C)n2)CCN(CC2CCOC2)C3)cc1. The van der Waals surface area contributed by atoms with Crippen molar-refractivity contribution in [3.05, 3.63) is 35.5 Å². The van der Waals surface area contributed by atoms with Crippen LogP contribution in [0, 0.1) is 5.92 Å². The van der Waals surface area contributed by atoms with Crippen molar-refractivity contribution in [2.45, 2.75) is 39.3 Å². The molecule has 3 aliphatic rings. The van der Waals surface area contributed by atoms with Gasteiger partial charge in [0.25, 0.3) is 0 Å². The molecule has 1 aromatic heterocycles. The minimum absolute atomic E-state index is 0.207. The molecule has 2 atom stereocenters. The van der Waals surface area contributed by atoms with Gasteiger partial charge in [-0.2, -0.15) is 0 Å². The average Bonchev–Trinajstić information content (AvgIpc) is 3.37. The second kappa shape index (κ2) is 10.9. The zero-order chi connectivity index (χ0) is 24.2. The summed E-state index contributed by atoms with van der Waals surface area (Å²) in [5.41, 5.74) is 4.08. The maximum atomic E-state index is 11.9. The molecule has 0 spiro atoms. The summed E-state index contributed by atoms with van der Waals surface area (Å²) >= 11 is 0. The highest BCUT2D eigenvalue weighted by Crippen LogP contribution is 2.32. The van der Waals surface area contributed by atoms with Gasteiger partial charge in [0.05, 0.1) is 31.6 Å². The van der Waals surface area contributed by atoms with E-state index >= 15 is 0 Å². The molecule has 35 heavy (non-hydrogen) atoms. The normalized spacial score (nSPS) is 22.6. The summed E-state index contributed by atoms with van der Waals surface area (Å²) in [4.78, 5) is 26.9. The Hall–Kier alpha value is -2.75. The van der Waals surface area contributed by atoms with E-state index in [0.29, 0.717) is 25.7 Å². The van der Waals surface area contributed by atoms with Crippen molar-refractivity contribution in [3.63, 3.8) is 0 Å². The van der Waals surface area contributed by atoms with Crippen LogP contribution in [0.3, 0.4) is 0 Å². The lowest BCUT2D eigenvalue weighted by atomic mass is 10.0. The van der Waals surface area contributed by atoms with Gasteiger partial charge in [-0.3, -0.25) is 4.90 Å². The van der Waals surface area contributed by atoms with Gasteiger partial charge in [-0.25, -0.2) is 14.8 Å². The van der Waals surface area contributed by atoms with Crippen molar-refractivity contribution in [3.8, 4) is 11.4 Å². The van der Waals surface area contributed by atoms with Gasteiger partial charge in [0.1, 0.15) is 5.82 Å². The third-order valence-electron chi connectivity index (χ3n) is 7.04. The molecule has 9 nitrogen and oxygen atoms in total. The molecule has 2 fully saturated rings. The molecular weight excluding hydrogens is 444 g/mol. The molecule has 0 bridgehead atoms. The van der Waals surface area contributed by atoms with Crippen LogP contribution in [0.5, 0.6) is 0 Å². The van der Waals surface area contributed by atoms with Crippen LogP contribution >= 0.6 is 0 Å². The number of hydrogen-bond acceptors (Lipinski definition) is 7. The number of carbonyl (C=O) groups is 1. The van der Waals surface area contributed by atoms with Crippen LogP contribution in [0.2, 0.25) is 0 Å². The Morgan fingerprint density at radius 2 is 1.94 bits per heavy atom. The number of rotatable bonds is 6. The van der Waals surface area contributed by atoms with Crippen LogP contribution in [0.1, 0.15) is 31.5 Å². The summed E-state index contributed by atoms with van der Waals surface area (Å²) < 4.78 is 11.3. The first-order chi connectivity index (χ1) is 17.1. The number of aromatic nitrogens is 2. The van der Waals surface area contributed by atoms with Crippen LogP contribution in [0.4, 0.5) is 16.3 Å². The number of carbonyl (C=O) groups excluding carboxylic acids is 1. The fourth-order valence-electron chi connectivity index (χ4n) is 5.16. The van der Waals surface area contributed by atoms with Crippen LogP contribution in [0.15, 0.2) is 24.3 Å². The smallest absolute Gasteiger partial charge is 0.319 e. The van der Waals surface area contributed by atoms with Crippen LogP contribution in [-0.4, -0.2) is 79.5 Å². The molecule has 188 valence electrons. The van der Waals surface area contributed by atoms with E-state index in [1.165, 1.54) is 5.56 Å². The van der Waals surface area contributed by atoms with E-state index in [9.17, 15) is 4.79 Å². The Balaban J connectivity index is 1.43.